The highest BCUT2D eigenvalue weighted by Gasteiger charge is 2.34. The second-order valence-electron chi connectivity index (χ2n) is 4.92. The average Bonchev–Trinajstić information content (AvgIpc) is 2.85. The van der Waals surface area contributed by atoms with Crippen LogP contribution >= 0.6 is 0 Å². The molecule has 0 aromatic carbocycles. The first-order valence-electron chi connectivity index (χ1n) is 6.35. The minimum atomic E-state index is -2.99. The van der Waals surface area contributed by atoms with Crippen LogP contribution < -0.4 is 0 Å². The monoisotopic (exact) mass is 285 g/mol. The summed E-state index contributed by atoms with van der Waals surface area (Å²) in [5, 5.41) is 4.06. The van der Waals surface area contributed by atoms with Crippen molar-refractivity contribution in [1.82, 2.24) is 14.7 Å². The summed E-state index contributed by atoms with van der Waals surface area (Å²) in [7, 11) is -1.21. The van der Waals surface area contributed by atoms with E-state index in [0.29, 0.717) is 18.5 Å². The first kappa shape index (κ1) is 14.0. The highest BCUT2D eigenvalue weighted by atomic mass is 32.2. The number of sulfone groups is 1. The van der Waals surface area contributed by atoms with Gasteiger partial charge in [-0.3, -0.25) is 9.48 Å². The van der Waals surface area contributed by atoms with E-state index in [0.717, 1.165) is 5.69 Å². The molecule has 0 aliphatic carbocycles. The molecule has 0 N–H and O–H groups in total. The second kappa shape index (κ2) is 4.96. The number of aryl methyl sites for hydroxylation is 1. The van der Waals surface area contributed by atoms with Crippen LogP contribution in [0.15, 0.2) is 6.20 Å². The molecular formula is C12H19N3O3S. The Bertz CT molecular complexity index is 591. The topological polar surface area (TPSA) is 72.3 Å². The van der Waals surface area contributed by atoms with Crippen molar-refractivity contribution in [2.45, 2.75) is 26.3 Å². The molecule has 1 aromatic heterocycles. The Hall–Kier alpha value is -1.37. The third kappa shape index (κ3) is 2.65. The van der Waals surface area contributed by atoms with Crippen molar-refractivity contribution in [1.29, 1.82) is 0 Å². The summed E-state index contributed by atoms with van der Waals surface area (Å²) in [5.74, 6) is 0.120. The normalized spacial score (nSPS) is 21.5. The lowest BCUT2D eigenvalue weighted by Crippen LogP contribution is -2.41. The van der Waals surface area contributed by atoms with Crippen LogP contribution in [0.2, 0.25) is 0 Å². The fourth-order valence-electron chi connectivity index (χ4n) is 2.45. The number of carbonyl (C=O) groups excluding carboxylic acids is 1. The molecule has 0 saturated carbocycles. The van der Waals surface area contributed by atoms with Crippen LogP contribution in [0.3, 0.4) is 0 Å². The predicted octanol–water partition coefficient (Wildman–Crippen LogP) is 0.378. The molecule has 7 heteroatoms. The van der Waals surface area contributed by atoms with Crippen LogP contribution in [-0.2, 0) is 16.9 Å². The van der Waals surface area contributed by atoms with Gasteiger partial charge in [-0.15, -0.1) is 0 Å². The van der Waals surface area contributed by atoms with E-state index in [4.69, 9.17) is 0 Å². The summed E-state index contributed by atoms with van der Waals surface area (Å²) in [5.41, 5.74) is 1.35. The zero-order chi connectivity index (χ0) is 14.2. The molecule has 2 heterocycles. The van der Waals surface area contributed by atoms with Gasteiger partial charge in [0.15, 0.2) is 9.84 Å². The zero-order valence-corrected chi connectivity index (χ0v) is 12.3. The van der Waals surface area contributed by atoms with Gasteiger partial charge in [-0.1, -0.05) is 0 Å². The zero-order valence-electron chi connectivity index (χ0n) is 11.5. The first-order chi connectivity index (χ1) is 8.85. The number of hydrogen-bond acceptors (Lipinski definition) is 4. The molecule has 0 radical (unpaired) electrons. The molecule has 1 saturated heterocycles. The molecule has 6 nitrogen and oxygen atoms in total. The van der Waals surface area contributed by atoms with Crippen LogP contribution in [-0.4, -0.2) is 53.1 Å². The SMILES string of the molecule is CCN(C(=O)c1cnn(C)c1C)C1CCS(=O)(=O)C1. The number of aromatic nitrogens is 2. The maximum atomic E-state index is 12.5. The van der Waals surface area contributed by atoms with Crippen LogP contribution in [0, 0.1) is 6.92 Å². The van der Waals surface area contributed by atoms with Gasteiger partial charge in [-0.25, -0.2) is 8.42 Å². The maximum absolute atomic E-state index is 12.5. The molecule has 1 aromatic rings. The van der Waals surface area contributed by atoms with Gasteiger partial charge in [0, 0.05) is 25.3 Å². The molecule has 0 bridgehead atoms. The van der Waals surface area contributed by atoms with Crippen molar-refractivity contribution >= 4 is 15.7 Å². The van der Waals surface area contributed by atoms with Gasteiger partial charge in [-0.05, 0) is 20.3 Å². The third-order valence-electron chi connectivity index (χ3n) is 3.72. The molecule has 1 aliphatic heterocycles. The molecule has 106 valence electrons. The molecule has 1 amide bonds. The fraction of sp³-hybridized carbons (Fsp3) is 0.667. The molecule has 2 rings (SSSR count). The fourth-order valence-corrected chi connectivity index (χ4v) is 4.18. The van der Waals surface area contributed by atoms with Crippen molar-refractivity contribution in [3.8, 4) is 0 Å². The van der Waals surface area contributed by atoms with Crippen molar-refractivity contribution < 1.29 is 13.2 Å². The summed E-state index contributed by atoms with van der Waals surface area (Å²) < 4.78 is 24.7. The van der Waals surface area contributed by atoms with Gasteiger partial charge in [0.1, 0.15) is 0 Å². The van der Waals surface area contributed by atoms with Gasteiger partial charge in [0.25, 0.3) is 5.91 Å². The molecule has 1 fully saturated rings. The van der Waals surface area contributed by atoms with Crippen LogP contribution in [0.25, 0.3) is 0 Å². The van der Waals surface area contributed by atoms with Crippen molar-refractivity contribution in [2.75, 3.05) is 18.1 Å². The molecule has 0 spiro atoms. The Labute approximate surface area is 113 Å². The Morgan fingerprint density at radius 2 is 2.26 bits per heavy atom. The van der Waals surface area contributed by atoms with E-state index >= 15 is 0 Å². The van der Waals surface area contributed by atoms with Crippen LogP contribution in [0.4, 0.5) is 0 Å². The Kier molecular flexibility index (Phi) is 3.66. The summed E-state index contributed by atoms with van der Waals surface area (Å²) in [6.45, 7) is 4.21. The highest BCUT2D eigenvalue weighted by Crippen LogP contribution is 2.20. The van der Waals surface area contributed by atoms with Gasteiger partial charge < -0.3 is 4.90 Å². The average molecular weight is 285 g/mol. The maximum Gasteiger partial charge on any atom is 0.257 e. The lowest BCUT2D eigenvalue weighted by atomic mass is 10.1. The highest BCUT2D eigenvalue weighted by molar-refractivity contribution is 7.91. The lowest BCUT2D eigenvalue weighted by Gasteiger charge is -2.26. The summed E-state index contributed by atoms with van der Waals surface area (Å²) in [6.07, 6.45) is 2.07. The van der Waals surface area contributed by atoms with Gasteiger partial charge in [0.05, 0.1) is 23.3 Å². The van der Waals surface area contributed by atoms with Crippen LogP contribution in [0.1, 0.15) is 29.4 Å². The number of hydrogen-bond donors (Lipinski definition) is 0. The van der Waals surface area contributed by atoms with E-state index in [1.54, 1.807) is 22.8 Å². The van der Waals surface area contributed by atoms with Gasteiger partial charge in [0.2, 0.25) is 0 Å². The Balaban J connectivity index is 2.23. The minimum absolute atomic E-state index is 0.0753. The van der Waals surface area contributed by atoms with E-state index < -0.39 is 9.84 Å². The van der Waals surface area contributed by atoms with E-state index in [1.807, 2.05) is 13.8 Å². The van der Waals surface area contributed by atoms with Crippen molar-refractivity contribution in [3.63, 3.8) is 0 Å². The summed E-state index contributed by atoms with van der Waals surface area (Å²) >= 11 is 0. The molecule has 1 atom stereocenters. The molecule has 1 aliphatic rings. The molecule has 19 heavy (non-hydrogen) atoms. The number of rotatable bonds is 3. The minimum Gasteiger partial charge on any atom is -0.335 e. The lowest BCUT2D eigenvalue weighted by molar-refractivity contribution is 0.0707. The molecular weight excluding hydrogens is 266 g/mol. The van der Waals surface area contributed by atoms with E-state index in [1.165, 1.54) is 0 Å². The smallest absolute Gasteiger partial charge is 0.257 e. The van der Waals surface area contributed by atoms with E-state index in [2.05, 4.69) is 5.10 Å². The van der Waals surface area contributed by atoms with Crippen molar-refractivity contribution in [3.05, 3.63) is 17.5 Å². The molecule has 1 unspecified atom stereocenters. The first-order valence-corrected chi connectivity index (χ1v) is 8.18. The van der Waals surface area contributed by atoms with E-state index in [-0.39, 0.29) is 23.5 Å². The number of nitrogens with zero attached hydrogens (tertiary/aromatic N) is 3. The number of carbonyl (C=O) groups is 1. The second-order valence-corrected chi connectivity index (χ2v) is 7.14. The predicted molar refractivity (Wildman–Crippen MR) is 71.7 cm³/mol. The van der Waals surface area contributed by atoms with Crippen molar-refractivity contribution in [2.24, 2.45) is 7.05 Å². The number of amides is 1. The van der Waals surface area contributed by atoms with Crippen LogP contribution in [0.5, 0.6) is 0 Å². The van der Waals surface area contributed by atoms with Gasteiger partial charge in [-0.2, -0.15) is 5.10 Å². The largest absolute Gasteiger partial charge is 0.335 e. The standard InChI is InChI=1S/C12H19N3O3S/c1-4-15(10-5-6-19(17,18)8-10)12(16)11-7-13-14(3)9(11)2/h7,10H,4-6,8H2,1-3H3. The Morgan fingerprint density at radius 1 is 1.58 bits per heavy atom. The quantitative estimate of drug-likeness (QED) is 0.805. The third-order valence-corrected chi connectivity index (χ3v) is 5.47. The Morgan fingerprint density at radius 3 is 2.68 bits per heavy atom. The van der Waals surface area contributed by atoms with E-state index in [9.17, 15) is 13.2 Å². The summed E-state index contributed by atoms with van der Waals surface area (Å²) in [4.78, 5) is 14.1. The van der Waals surface area contributed by atoms with Gasteiger partial charge >= 0.3 is 0 Å². The summed E-state index contributed by atoms with van der Waals surface area (Å²) in [6, 6.07) is -0.206.